The van der Waals surface area contributed by atoms with Gasteiger partial charge in [-0.25, -0.2) is 0 Å². The van der Waals surface area contributed by atoms with E-state index in [1.807, 2.05) is 63.3 Å². The van der Waals surface area contributed by atoms with Crippen molar-refractivity contribution in [3.05, 3.63) is 53.8 Å². The van der Waals surface area contributed by atoms with Crippen LogP contribution in [0.15, 0.2) is 48.2 Å². The highest BCUT2D eigenvalue weighted by Gasteiger charge is 2.03. The number of allylic oxidation sites excluding steroid dienone is 3. The molecule has 1 unspecified atom stereocenters. The lowest BCUT2D eigenvalue weighted by molar-refractivity contribution is 0.414. The molecule has 1 aromatic carbocycles. The second-order valence-electron chi connectivity index (χ2n) is 4.14. The van der Waals surface area contributed by atoms with E-state index in [1.165, 1.54) is 5.56 Å². The van der Waals surface area contributed by atoms with E-state index >= 15 is 0 Å². The number of methoxy groups -OCH3 is 1. The fourth-order valence-corrected chi connectivity index (χ4v) is 1.48. The van der Waals surface area contributed by atoms with Crippen molar-refractivity contribution in [2.75, 3.05) is 7.11 Å². The second-order valence-corrected chi connectivity index (χ2v) is 4.14. The molecule has 3 N–H and O–H groups in total. The minimum atomic E-state index is 0.156. The molecule has 0 aromatic heterocycles. The fourth-order valence-electron chi connectivity index (χ4n) is 1.48. The van der Waals surface area contributed by atoms with Crippen LogP contribution in [0.25, 0.3) is 0 Å². The van der Waals surface area contributed by atoms with Crippen LogP contribution in [0, 0.1) is 0 Å². The summed E-state index contributed by atoms with van der Waals surface area (Å²) in [5.41, 5.74) is 7.98. The maximum Gasteiger partial charge on any atom is 0.118 e. The molecule has 0 saturated carbocycles. The average molecular weight is 276 g/mol. The van der Waals surface area contributed by atoms with E-state index in [0.717, 1.165) is 18.0 Å². The van der Waals surface area contributed by atoms with Gasteiger partial charge in [0.15, 0.2) is 0 Å². The van der Waals surface area contributed by atoms with Gasteiger partial charge in [-0.05, 0) is 37.6 Å². The first-order valence-electron chi connectivity index (χ1n) is 7.12. The summed E-state index contributed by atoms with van der Waals surface area (Å²) in [5.74, 6) is 0.874. The van der Waals surface area contributed by atoms with Gasteiger partial charge in [0.2, 0.25) is 0 Å². The highest BCUT2D eigenvalue weighted by atomic mass is 16.5. The molecule has 0 radical (unpaired) electrons. The zero-order chi connectivity index (χ0) is 15.4. The monoisotopic (exact) mass is 276 g/mol. The maximum atomic E-state index is 5.94. The summed E-state index contributed by atoms with van der Waals surface area (Å²) in [4.78, 5) is 0. The van der Waals surface area contributed by atoms with E-state index in [9.17, 15) is 0 Å². The number of ether oxygens (including phenoxy) is 1. The Kier molecular flexibility index (Phi) is 10.2. The van der Waals surface area contributed by atoms with Crippen molar-refractivity contribution in [2.45, 2.75) is 40.3 Å². The van der Waals surface area contributed by atoms with Crippen LogP contribution < -0.4 is 15.8 Å². The normalized spacial score (nSPS) is 12.8. The zero-order valence-electron chi connectivity index (χ0n) is 13.3. The van der Waals surface area contributed by atoms with Gasteiger partial charge in [-0.1, -0.05) is 38.1 Å². The molecule has 0 aliphatic heterocycles. The summed E-state index contributed by atoms with van der Waals surface area (Å²) in [6, 6.07) is 8.17. The molecule has 0 aliphatic rings. The largest absolute Gasteiger partial charge is 0.497 e. The highest BCUT2D eigenvalue weighted by molar-refractivity contribution is 5.27. The van der Waals surface area contributed by atoms with Crippen LogP contribution >= 0.6 is 0 Å². The first kappa shape index (κ1) is 18.3. The van der Waals surface area contributed by atoms with Gasteiger partial charge in [-0.2, -0.15) is 0 Å². The molecule has 112 valence electrons. The van der Waals surface area contributed by atoms with Crippen LogP contribution in [0.4, 0.5) is 0 Å². The van der Waals surface area contributed by atoms with Gasteiger partial charge in [0.25, 0.3) is 0 Å². The summed E-state index contributed by atoms with van der Waals surface area (Å²) >= 11 is 0. The molecule has 0 saturated heterocycles. The average Bonchev–Trinajstić information content (AvgIpc) is 2.52. The topological polar surface area (TPSA) is 47.3 Å². The maximum absolute atomic E-state index is 5.94. The molecule has 1 aromatic rings. The molecule has 0 heterocycles. The van der Waals surface area contributed by atoms with Crippen molar-refractivity contribution in [3.63, 3.8) is 0 Å². The standard InChI is InChI=1S/C15H22N2O.C2H6/c1-4-5-6-15(16)12(2)17-11-13-7-9-14(18-3)10-8-13;1-2/h4-10,12,17H,11,16H2,1-3H3;1-2H3/b5-4-,15-6+;. The number of nitrogens with one attached hydrogen (secondary N) is 1. The van der Waals surface area contributed by atoms with Crippen molar-refractivity contribution in [3.8, 4) is 5.75 Å². The Labute approximate surface area is 123 Å². The molecular weight excluding hydrogens is 248 g/mol. The van der Waals surface area contributed by atoms with Gasteiger partial charge in [-0.15, -0.1) is 0 Å². The number of hydrogen-bond donors (Lipinski definition) is 2. The van der Waals surface area contributed by atoms with Crippen LogP contribution in [-0.2, 0) is 6.54 Å². The van der Waals surface area contributed by atoms with Gasteiger partial charge in [-0.3, -0.25) is 0 Å². The Morgan fingerprint density at radius 1 is 1.30 bits per heavy atom. The summed E-state index contributed by atoms with van der Waals surface area (Å²) in [6.07, 6.45) is 5.83. The second kappa shape index (κ2) is 11.1. The van der Waals surface area contributed by atoms with Crippen molar-refractivity contribution >= 4 is 0 Å². The highest BCUT2D eigenvalue weighted by Crippen LogP contribution is 2.11. The third-order valence-electron chi connectivity index (χ3n) is 2.75. The number of benzene rings is 1. The molecule has 3 nitrogen and oxygen atoms in total. The predicted octanol–water partition coefficient (Wildman–Crippen LogP) is 3.62. The van der Waals surface area contributed by atoms with Gasteiger partial charge in [0.1, 0.15) is 5.75 Å². The molecule has 0 aliphatic carbocycles. The summed E-state index contributed by atoms with van der Waals surface area (Å²) in [7, 11) is 1.67. The first-order chi connectivity index (χ1) is 9.67. The molecule has 20 heavy (non-hydrogen) atoms. The molecule has 0 amide bonds. The smallest absolute Gasteiger partial charge is 0.118 e. The Morgan fingerprint density at radius 3 is 2.40 bits per heavy atom. The van der Waals surface area contributed by atoms with Crippen LogP contribution in [0.1, 0.15) is 33.3 Å². The van der Waals surface area contributed by atoms with Crippen LogP contribution in [0.3, 0.4) is 0 Å². The van der Waals surface area contributed by atoms with Crippen molar-refractivity contribution in [1.29, 1.82) is 0 Å². The van der Waals surface area contributed by atoms with Crippen molar-refractivity contribution in [1.82, 2.24) is 5.32 Å². The van der Waals surface area contributed by atoms with Gasteiger partial charge < -0.3 is 15.8 Å². The first-order valence-corrected chi connectivity index (χ1v) is 7.12. The van der Waals surface area contributed by atoms with E-state index in [4.69, 9.17) is 10.5 Å². The SMILES string of the molecule is C/C=C\C=C(\N)C(C)NCc1ccc(OC)cc1.CC. The van der Waals surface area contributed by atoms with E-state index in [1.54, 1.807) is 7.11 Å². The Hall–Kier alpha value is -1.74. The molecule has 0 fully saturated rings. The van der Waals surface area contributed by atoms with Gasteiger partial charge >= 0.3 is 0 Å². The van der Waals surface area contributed by atoms with Crippen molar-refractivity contribution in [2.24, 2.45) is 5.73 Å². The summed E-state index contributed by atoms with van der Waals surface area (Å²) < 4.78 is 5.12. The Balaban J connectivity index is 0.00000172. The Morgan fingerprint density at radius 2 is 1.90 bits per heavy atom. The lowest BCUT2D eigenvalue weighted by Crippen LogP contribution is -2.30. The lowest BCUT2D eigenvalue weighted by atomic mass is 10.2. The quantitative estimate of drug-likeness (QED) is 0.780. The number of nitrogens with two attached hydrogens (primary N) is 1. The minimum Gasteiger partial charge on any atom is -0.497 e. The molecule has 1 atom stereocenters. The summed E-state index contributed by atoms with van der Waals surface area (Å²) in [5, 5.41) is 3.38. The minimum absolute atomic E-state index is 0.156. The van der Waals surface area contributed by atoms with Gasteiger partial charge in [0.05, 0.1) is 7.11 Å². The van der Waals surface area contributed by atoms with Crippen LogP contribution in [0.5, 0.6) is 5.75 Å². The predicted molar refractivity (Wildman–Crippen MR) is 87.7 cm³/mol. The number of rotatable bonds is 6. The van der Waals surface area contributed by atoms with E-state index in [0.29, 0.717) is 0 Å². The number of hydrogen-bond acceptors (Lipinski definition) is 3. The Bertz CT molecular complexity index is 408. The molecule has 0 bridgehead atoms. The van der Waals surface area contributed by atoms with E-state index in [-0.39, 0.29) is 6.04 Å². The zero-order valence-corrected chi connectivity index (χ0v) is 13.3. The lowest BCUT2D eigenvalue weighted by Gasteiger charge is -2.14. The van der Waals surface area contributed by atoms with E-state index in [2.05, 4.69) is 12.2 Å². The molecule has 3 heteroatoms. The molecular formula is C17H28N2O. The molecule has 1 rings (SSSR count). The van der Waals surface area contributed by atoms with Crippen LogP contribution in [-0.4, -0.2) is 13.2 Å². The van der Waals surface area contributed by atoms with Crippen molar-refractivity contribution < 1.29 is 4.74 Å². The third-order valence-corrected chi connectivity index (χ3v) is 2.75. The van der Waals surface area contributed by atoms with Crippen LogP contribution in [0.2, 0.25) is 0 Å². The summed E-state index contributed by atoms with van der Waals surface area (Å²) in [6.45, 7) is 8.81. The fraction of sp³-hybridized carbons (Fsp3) is 0.412. The molecule has 0 spiro atoms. The third kappa shape index (κ3) is 7.00. The van der Waals surface area contributed by atoms with E-state index < -0.39 is 0 Å². The van der Waals surface area contributed by atoms with Gasteiger partial charge in [0, 0.05) is 18.3 Å².